The molecule has 1 heterocycles. The summed E-state index contributed by atoms with van der Waals surface area (Å²) in [4.78, 5) is 13.3. The molecule has 0 saturated carbocycles. The molecule has 3 nitrogen and oxygen atoms in total. The molecule has 0 radical (unpaired) electrons. The molecule has 0 bridgehead atoms. The molecule has 5 rings (SSSR count). The zero-order valence-electron chi connectivity index (χ0n) is 16.4. The van der Waals surface area contributed by atoms with Crippen LogP contribution in [-0.2, 0) is 4.79 Å². The Morgan fingerprint density at radius 2 is 1.86 bits per heavy atom. The molecule has 2 N–H and O–H groups in total. The van der Waals surface area contributed by atoms with Crippen LogP contribution < -0.4 is 5.32 Å². The summed E-state index contributed by atoms with van der Waals surface area (Å²) in [5.41, 5.74) is 4.84. The van der Waals surface area contributed by atoms with E-state index < -0.39 is 0 Å². The average Bonchev–Trinajstić information content (AvgIpc) is 2.68. The second-order valence-corrected chi connectivity index (χ2v) is 9.24. The highest BCUT2D eigenvalue weighted by molar-refractivity contribution is 6.32. The second kappa shape index (κ2) is 6.36. The molecule has 1 aliphatic heterocycles. The van der Waals surface area contributed by atoms with Crippen molar-refractivity contribution in [1.29, 1.82) is 0 Å². The fourth-order valence-corrected chi connectivity index (χ4v) is 4.91. The van der Waals surface area contributed by atoms with Crippen LogP contribution in [0, 0.1) is 5.41 Å². The van der Waals surface area contributed by atoms with Crippen LogP contribution in [0.3, 0.4) is 0 Å². The second-order valence-electron chi connectivity index (χ2n) is 8.83. The number of benzene rings is 3. The fourth-order valence-electron chi connectivity index (χ4n) is 4.80. The summed E-state index contributed by atoms with van der Waals surface area (Å²) in [5, 5.41) is 16.4. The van der Waals surface area contributed by atoms with Gasteiger partial charge in [-0.3, -0.25) is 4.79 Å². The predicted octanol–water partition coefficient (Wildman–Crippen LogP) is 6.51. The lowest BCUT2D eigenvalue weighted by atomic mass is 9.68. The Hall–Kier alpha value is -2.78. The Morgan fingerprint density at radius 1 is 1.07 bits per heavy atom. The number of carbonyl (C=O) groups excluding carboxylic acids is 1. The number of phenolic OH excluding ortho intramolecular Hbond substituents is 1. The molecule has 0 unspecified atom stereocenters. The first-order chi connectivity index (χ1) is 13.8. The van der Waals surface area contributed by atoms with Gasteiger partial charge in [-0.2, -0.15) is 0 Å². The lowest BCUT2D eigenvalue weighted by molar-refractivity contribution is -0.118. The highest BCUT2D eigenvalue weighted by atomic mass is 35.5. The molecule has 0 amide bonds. The number of Topliss-reactive ketones (excluding diaryl/α,β-unsaturated/α-hetero) is 1. The number of aromatic hydroxyl groups is 1. The van der Waals surface area contributed by atoms with Gasteiger partial charge in [-0.1, -0.05) is 61.8 Å². The summed E-state index contributed by atoms with van der Waals surface area (Å²) in [7, 11) is 0. The van der Waals surface area contributed by atoms with Crippen LogP contribution in [0.25, 0.3) is 16.3 Å². The first-order valence-corrected chi connectivity index (χ1v) is 10.3. The van der Waals surface area contributed by atoms with Crippen LogP contribution in [0.4, 0.5) is 5.69 Å². The first kappa shape index (κ1) is 18.3. The number of allylic oxidation sites excluding steroid dienone is 1. The largest absolute Gasteiger partial charge is 0.506 e. The number of rotatable bonds is 1. The van der Waals surface area contributed by atoms with Gasteiger partial charge < -0.3 is 10.4 Å². The number of hydrogen-bond acceptors (Lipinski definition) is 3. The van der Waals surface area contributed by atoms with Gasteiger partial charge in [0.15, 0.2) is 5.78 Å². The van der Waals surface area contributed by atoms with E-state index in [1.807, 2.05) is 18.2 Å². The molecule has 29 heavy (non-hydrogen) atoms. The number of hydrogen-bond donors (Lipinski definition) is 2. The number of carbonyl (C=O) groups is 1. The van der Waals surface area contributed by atoms with Crippen molar-refractivity contribution in [3.8, 4) is 5.75 Å². The smallest absolute Gasteiger partial charge is 0.162 e. The third kappa shape index (κ3) is 2.92. The Balaban J connectivity index is 1.80. The Morgan fingerprint density at radius 3 is 2.66 bits per heavy atom. The molecular weight excluding hydrogens is 382 g/mol. The third-order valence-corrected chi connectivity index (χ3v) is 6.36. The topological polar surface area (TPSA) is 49.3 Å². The maximum Gasteiger partial charge on any atom is 0.162 e. The highest BCUT2D eigenvalue weighted by Crippen LogP contribution is 2.52. The van der Waals surface area contributed by atoms with E-state index in [0.29, 0.717) is 11.4 Å². The molecule has 0 spiro atoms. The molecule has 4 heteroatoms. The van der Waals surface area contributed by atoms with Crippen LogP contribution in [0.2, 0.25) is 5.02 Å². The summed E-state index contributed by atoms with van der Waals surface area (Å²) in [6.07, 6.45) is 1.36. The van der Waals surface area contributed by atoms with E-state index >= 15 is 0 Å². The zero-order valence-corrected chi connectivity index (χ0v) is 17.2. The van der Waals surface area contributed by atoms with Crippen LogP contribution in [0.1, 0.15) is 43.9 Å². The van der Waals surface area contributed by atoms with Crippen molar-refractivity contribution in [2.45, 2.75) is 32.7 Å². The van der Waals surface area contributed by atoms with Crippen molar-refractivity contribution < 1.29 is 9.90 Å². The van der Waals surface area contributed by atoms with E-state index in [4.69, 9.17) is 11.6 Å². The predicted molar refractivity (Wildman–Crippen MR) is 118 cm³/mol. The molecule has 1 atom stereocenters. The first-order valence-electron chi connectivity index (χ1n) is 9.87. The van der Waals surface area contributed by atoms with Gasteiger partial charge in [0.1, 0.15) is 5.75 Å². The van der Waals surface area contributed by atoms with E-state index in [1.165, 1.54) is 5.39 Å². The van der Waals surface area contributed by atoms with Crippen LogP contribution in [0.15, 0.2) is 60.2 Å². The van der Waals surface area contributed by atoms with Crippen molar-refractivity contribution in [2.24, 2.45) is 5.41 Å². The van der Waals surface area contributed by atoms with E-state index in [-0.39, 0.29) is 23.0 Å². The Bertz CT molecular complexity index is 1210. The molecule has 0 fully saturated rings. The zero-order chi connectivity index (χ0) is 20.3. The van der Waals surface area contributed by atoms with Gasteiger partial charge in [-0.05, 0) is 51.9 Å². The molecule has 146 valence electrons. The molecular formula is C25H22ClNO2. The minimum Gasteiger partial charge on any atom is -0.506 e. The summed E-state index contributed by atoms with van der Waals surface area (Å²) in [6.45, 7) is 4.31. The molecule has 0 aromatic heterocycles. The van der Waals surface area contributed by atoms with Gasteiger partial charge in [0.2, 0.25) is 0 Å². The van der Waals surface area contributed by atoms with Crippen molar-refractivity contribution in [3.05, 3.63) is 76.3 Å². The average molecular weight is 404 g/mol. The maximum atomic E-state index is 13.3. The highest BCUT2D eigenvalue weighted by Gasteiger charge is 2.40. The van der Waals surface area contributed by atoms with Crippen molar-refractivity contribution in [2.75, 3.05) is 5.32 Å². The van der Waals surface area contributed by atoms with Gasteiger partial charge in [0.25, 0.3) is 0 Å². The van der Waals surface area contributed by atoms with Crippen molar-refractivity contribution >= 4 is 39.4 Å². The van der Waals surface area contributed by atoms with Crippen molar-refractivity contribution in [1.82, 2.24) is 0 Å². The van der Waals surface area contributed by atoms with Gasteiger partial charge >= 0.3 is 0 Å². The van der Waals surface area contributed by atoms with E-state index in [1.54, 1.807) is 12.1 Å². The summed E-state index contributed by atoms with van der Waals surface area (Å²) >= 11 is 6.02. The Kier molecular flexibility index (Phi) is 4.01. The van der Waals surface area contributed by atoms with Gasteiger partial charge in [-0.25, -0.2) is 0 Å². The van der Waals surface area contributed by atoms with Crippen LogP contribution in [-0.4, -0.2) is 10.9 Å². The van der Waals surface area contributed by atoms with E-state index in [9.17, 15) is 9.90 Å². The number of fused-ring (bicyclic) bond motifs is 4. The lowest BCUT2D eigenvalue weighted by Crippen LogP contribution is -2.33. The summed E-state index contributed by atoms with van der Waals surface area (Å²) in [5.74, 6) is 0.197. The number of halogens is 1. The van der Waals surface area contributed by atoms with Gasteiger partial charge in [0, 0.05) is 23.2 Å². The van der Waals surface area contributed by atoms with Gasteiger partial charge in [-0.15, -0.1) is 0 Å². The quantitative estimate of drug-likeness (QED) is 0.487. The monoisotopic (exact) mass is 403 g/mol. The molecule has 0 saturated heterocycles. The normalized spacial score (nSPS) is 20.2. The number of nitrogens with one attached hydrogen (secondary N) is 1. The molecule has 1 aliphatic carbocycles. The van der Waals surface area contributed by atoms with E-state index in [2.05, 4.69) is 43.4 Å². The Labute approximate surface area is 175 Å². The van der Waals surface area contributed by atoms with Gasteiger partial charge in [0.05, 0.1) is 11.1 Å². The van der Waals surface area contributed by atoms with E-state index in [0.717, 1.165) is 39.8 Å². The number of anilines is 1. The maximum absolute atomic E-state index is 13.3. The van der Waals surface area contributed by atoms with Crippen LogP contribution >= 0.6 is 11.6 Å². The van der Waals surface area contributed by atoms with Crippen LogP contribution in [0.5, 0.6) is 5.75 Å². The molecule has 2 aliphatic rings. The lowest BCUT2D eigenvalue weighted by Gasteiger charge is -2.40. The summed E-state index contributed by atoms with van der Waals surface area (Å²) < 4.78 is 0. The number of phenols is 1. The van der Waals surface area contributed by atoms with Crippen molar-refractivity contribution in [3.63, 3.8) is 0 Å². The third-order valence-electron chi connectivity index (χ3n) is 6.04. The SMILES string of the molecule is CC1(C)CC(=O)C2=C(C1)c1c(ccc3ccccc13)N[C@H]2c1ccc(Cl)c(O)c1. The summed E-state index contributed by atoms with van der Waals surface area (Å²) in [6, 6.07) is 17.4. The standard InChI is InChI=1S/C25H22ClNO2/c1-25(2)12-17-22-16-6-4-3-5-14(16)8-10-19(22)27-24(23(17)21(29)13-25)15-7-9-18(26)20(28)11-15/h3-11,24,27-28H,12-13H2,1-2H3/t24-/m0/s1. The fraction of sp³-hybridized carbons (Fsp3) is 0.240. The minimum absolute atomic E-state index is 0.0287. The molecule has 3 aromatic carbocycles. The number of ketones is 1. The molecule has 3 aromatic rings. The minimum atomic E-state index is -0.301.